The molecule has 0 saturated heterocycles. The third kappa shape index (κ3) is 1280. The van der Waals surface area contributed by atoms with Gasteiger partial charge in [-0.25, -0.2) is 0 Å². The molecule has 0 heterocycles. The average molecular weight is 252 g/mol. The van der Waals surface area contributed by atoms with E-state index in [0.29, 0.717) is 0 Å². The Bertz CT molecular complexity index is 73.9. The number of thiol groups is 1. The van der Waals surface area contributed by atoms with Crippen LogP contribution in [-0.2, 0) is 36.1 Å². The van der Waals surface area contributed by atoms with Crippen LogP contribution in [0.2, 0.25) is 0 Å². The maximum Gasteiger partial charge on any atom is 4.00 e. The van der Waals surface area contributed by atoms with Crippen LogP contribution in [0.4, 0.5) is 0 Å². The van der Waals surface area contributed by atoms with Crippen molar-refractivity contribution in [3.8, 4) is 0 Å². The standard InChI is InChI=1S/C3H7S.3C2H3O.Ti/c1-2-3-4;3*1-2-3;/h4H,1-3H2;3*1H3;/q4*-1;+4. The van der Waals surface area contributed by atoms with Gasteiger partial charge in [0.2, 0.25) is 0 Å². The summed E-state index contributed by atoms with van der Waals surface area (Å²) in [5.74, 6) is 0.903. The van der Waals surface area contributed by atoms with Gasteiger partial charge in [0, 0.05) is 0 Å². The van der Waals surface area contributed by atoms with E-state index in [1.54, 1.807) is 0 Å². The second-order valence-electron chi connectivity index (χ2n) is 1.19. The topological polar surface area (TPSA) is 51.2 Å². The maximum absolute atomic E-state index is 8.68. The summed E-state index contributed by atoms with van der Waals surface area (Å²) in [5, 5.41) is 0. The third-order valence-electron chi connectivity index (χ3n) is 0.158. The van der Waals surface area contributed by atoms with Gasteiger partial charge >= 0.3 is 21.7 Å². The molecule has 0 fully saturated rings. The second-order valence-corrected chi connectivity index (χ2v) is 1.64. The molecule has 0 aromatic carbocycles. The molecule has 3 nitrogen and oxygen atoms in total. The number of hydrogen-bond acceptors (Lipinski definition) is 4. The van der Waals surface area contributed by atoms with E-state index in [4.69, 9.17) is 14.4 Å². The minimum absolute atomic E-state index is 0. The Morgan fingerprint density at radius 1 is 1.00 bits per heavy atom. The molecule has 0 spiro atoms. The zero-order valence-corrected chi connectivity index (χ0v) is 11.2. The summed E-state index contributed by atoms with van der Waals surface area (Å²) in [6, 6.07) is 0. The first kappa shape index (κ1) is 29.2. The van der Waals surface area contributed by atoms with Gasteiger partial charge < -0.3 is 21.3 Å². The van der Waals surface area contributed by atoms with Crippen LogP contribution in [0.15, 0.2) is 0 Å². The summed E-state index contributed by atoms with van der Waals surface area (Å²) < 4.78 is 0. The van der Waals surface area contributed by atoms with Crippen molar-refractivity contribution in [2.45, 2.75) is 27.2 Å². The van der Waals surface area contributed by atoms with Gasteiger partial charge in [-0.3, -0.25) is 18.9 Å². The Hall–Kier alpha value is 0.0743. The van der Waals surface area contributed by atoms with E-state index in [2.05, 4.69) is 19.6 Å². The molecule has 0 aliphatic carbocycles. The Morgan fingerprint density at radius 2 is 1.07 bits per heavy atom. The van der Waals surface area contributed by atoms with E-state index >= 15 is 0 Å². The zero-order chi connectivity index (χ0) is 11.5. The monoisotopic (exact) mass is 252 g/mol. The van der Waals surface area contributed by atoms with Gasteiger partial charge in [0.1, 0.15) is 0 Å². The van der Waals surface area contributed by atoms with Crippen LogP contribution < -0.4 is 0 Å². The SMILES string of the molecule is C[C-]=O.C[C-]=O.C[C-]=O.[CH2-]CCS.[Ti+4]. The summed E-state index contributed by atoms with van der Waals surface area (Å²) in [4.78, 5) is 26.0. The van der Waals surface area contributed by atoms with Crippen molar-refractivity contribution in [3.05, 3.63) is 6.92 Å². The molecule has 0 saturated carbocycles. The minimum Gasteiger partial charge on any atom is -0.542 e. The van der Waals surface area contributed by atoms with Crippen molar-refractivity contribution < 1.29 is 36.1 Å². The molecule has 0 unspecified atom stereocenters. The number of rotatable bonds is 1. The van der Waals surface area contributed by atoms with Gasteiger partial charge in [0.15, 0.2) is 0 Å². The Balaban J connectivity index is -0.0000000254. The van der Waals surface area contributed by atoms with E-state index in [-0.39, 0.29) is 21.7 Å². The van der Waals surface area contributed by atoms with E-state index in [0.717, 1.165) is 12.2 Å². The quantitative estimate of drug-likeness (QED) is 0.437. The van der Waals surface area contributed by atoms with Gasteiger partial charge in [-0.05, 0) is 5.75 Å². The predicted molar refractivity (Wildman–Crippen MR) is 57.9 cm³/mol. The maximum atomic E-state index is 8.68. The molecule has 14 heavy (non-hydrogen) atoms. The first-order valence-corrected chi connectivity index (χ1v) is 4.06. The third-order valence-corrected chi connectivity index (χ3v) is 0.474. The van der Waals surface area contributed by atoms with Gasteiger partial charge in [-0.15, -0.1) is 0 Å². The van der Waals surface area contributed by atoms with Gasteiger partial charge in [-0.2, -0.15) is 39.8 Å². The molecule has 0 aliphatic heterocycles. The molecule has 0 aromatic heterocycles. The van der Waals surface area contributed by atoms with Crippen molar-refractivity contribution in [1.82, 2.24) is 0 Å². The first-order chi connectivity index (χ1) is 6.16. The first-order valence-electron chi connectivity index (χ1n) is 3.43. The molecular formula is C9H16O3STi. The van der Waals surface area contributed by atoms with Crippen LogP contribution in [0.3, 0.4) is 0 Å². The fraction of sp³-hybridized carbons (Fsp3) is 0.556. The van der Waals surface area contributed by atoms with E-state index in [9.17, 15) is 0 Å². The Morgan fingerprint density at radius 3 is 1.07 bits per heavy atom. The van der Waals surface area contributed by atoms with Crippen LogP contribution in [0.1, 0.15) is 27.2 Å². The molecule has 5 heteroatoms. The average Bonchev–Trinajstić information content (AvgIpc) is 2.08. The molecule has 0 rings (SSSR count). The number of carbonyl (C=O) groups excluding carboxylic acids is 3. The van der Waals surface area contributed by atoms with Crippen LogP contribution in [-0.4, -0.2) is 24.6 Å². The number of hydrogen-bond donors (Lipinski definition) is 1. The predicted octanol–water partition coefficient (Wildman–Crippen LogP) is 1.49. The second kappa shape index (κ2) is 74.0. The summed E-state index contributed by atoms with van der Waals surface area (Å²) in [6.45, 7) is 7.49. The normalized spacial score (nSPS) is 4.93. The summed E-state index contributed by atoms with van der Waals surface area (Å²) in [5.41, 5.74) is 0. The molecule has 0 aromatic rings. The van der Waals surface area contributed by atoms with E-state index < -0.39 is 0 Å². The van der Waals surface area contributed by atoms with Crippen molar-refractivity contribution in [2.24, 2.45) is 0 Å². The van der Waals surface area contributed by atoms with Crippen LogP contribution >= 0.6 is 12.6 Å². The molecule has 0 atom stereocenters. The van der Waals surface area contributed by atoms with Crippen molar-refractivity contribution >= 4 is 31.5 Å². The van der Waals surface area contributed by atoms with Crippen LogP contribution in [0, 0.1) is 6.92 Å². The molecule has 0 radical (unpaired) electrons. The molecule has 0 amide bonds. The molecule has 0 bridgehead atoms. The summed E-state index contributed by atoms with van der Waals surface area (Å²) >= 11 is 3.86. The fourth-order valence-electron chi connectivity index (χ4n) is 0. The van der Waals surface area contributed by atoms with Gasteiger partial charge in [0.25, 0.3) is 0 Å². The van der Waals surface area contributed by atoms with Crippen LogP contribution in [0.5, 0.6) is 0 Å². The smallest absolute Gasteiger partial charge is 0.542 e. The molecule has 80 valence electrons. The van der Waals surface area contributed by atoms with Crippen molar-refractivity contribution in [1.29, 1.82) is 0 Å². The summed E-state index contributed by atoms with van der Waals surface area (Å²) in [7, 11) is 0. The fourth-order valence-corrected chi connectivity index (χ4v) is 0. The summed E-state index contributed by atoms with van der Waals surface area (Å²) in [6.07, 6.45) is 5.43. The Labute approximate surface area is 107 Å². The Kier molecular flexibility index (Phi) is 154. The van der Waals surface area contributed by atoms with E-state index in [1.807, 2.05) is 0 Å². The van der Waals surface area contributed by atoms with Gasteiger partial charge in [-0.1, -0.05) is 0 Å². The molecular weight excluding hydrogens is 236 g/mol. The zero-order valence-electron chi connectivity index (χ0n) is 8.79. The van der Waals surface area contributed by atoms with Crippen molar-refractivity contribution in [3.63, 3.8) is 0 Å². The largest absolute Gasteiger partial charge is 4.00 e. The molecule has 0 N–H and O–H groups in total. The minimum atomic E-state index is 0. The van der Waals surface area contributed by atoms with Crippen molar-refractivity contribution in [2.75, 3.05) is 5.75 Å². The molecule has 0 aliphatic rings. The van der Waals surface area contributed by atoms with Crippen LogP contribution in [0.25, 0.3) is 0 Å². The van der Waals surface area contributed by atoms with E-state index in [1.165, 1.54) is 39.6 Å². The van der Waals surface area contributed by atoms with Gasteiger partial charge in [0.05, 0.1) is 0 Å².